The summed E-state index contributed by atoms with van der Waals surface area (Å²) in [6, 6.07) is 21.7. The Hall–Kier alpha value is -3.80. The van der Waals surface area contributed by atoms with Crippen molar-refractivity contribution in [3.05, 3.63) is 106 Å². The van der Waals surface area contributed by atoms with Crippen molar-refractivity contribution < 1.29 is 9.18 Å². The molecule has 0 spiro atoms. The molecule has 0 aliphatic heterocycles. The molecule has 1 unspecified atom stereocenters. The number of rotatable bonds is 6. The van der Waals surface area contributed by atoms with Crippen LogP contribution >= 0.6 is 0 Å². The van der Waals surface area contributed by atoms with Crippen molar-refractivity contribution in [3.63, 3.8) is 0 Å². The number of aromatic nitrogens is 2. The van der Waals surface area contributed by atoms with Crippen LogP contribution in [-0.4, -0.2) is 26.9 Å². The molecule has 3 aromatic carbocycles. The molecule has 1 amide bonds. The van der Waals surface area contributed by atoms with Gasteiger partial charge in [-0.05, 0) is 49.7 Å². The number of hydrogen-bond donors (Lipinski definition) is 0. The molecule has 1 atom stereocenters. The SMILES string of the molecule is CCCN(C(=O)c1ccccc1F)C(C)c1nc2ccccc2c(=O)n1-c1ccccc1. The number of benzene rings is 3. The number of amides is 1. The first-order valence-corrected chi connectivity index (χ1v) is 10.7. The first kappa shape index (κ1) is 21.4. The van der Waals surface area contributed by atoms with Crippen LogP contribution in [0, 0.1) is 5.82 Å². The minimum Gasteiger partial charge on any atom is -0.329 e. The number of carbonyl (C=O) groups is 1. The van der Waals surface area contributed by atoms with E-state index in [-0.39, 0.29) is 11.1 Å². The fourth-order valence-electron chi connectivity index (χ4n) is 3.90. The first-order valence-electron chi connectivity index (χ1n) is 10.7. The third-order valence-electron chi connectivity index (χ3n) is 5.49. The van der Waals surface area contributed by atoms with Crippen LogP contribution in [0.4, 0.5) is 4.39 Å². The van der Waals surface area contributed by atoms with E-state index in [1.54, 1.807) is 39.8 Å². The summed E-state index contributed by atoms with van der Waals surface area (Å²) in [5, 5.41) is 0.495. The molecule has 0 saturated carbocycles. The normalized spacial score (nSPS) is 12.0. The highest BCUT2D eigenvalue weighted by molar-refractivity contribution is 5.94. The maximum absolute atomic E-state index is 14.4. The molecule has 1 aromatic heterocycles. The highest BCUT2D eigenvalue weighted by Gasteiger charge is 2.28. The summed E-state index contributed by atoms with van der Waals surface area (Å²) in [4.78, 5) is 33.2. The monoisotopic (exact) mass is 429 g/mol. The summed E-state index contributed by atoms with van der Waals surface area (Å²) in [7, 11) is 0. The second-order valence-electron chi connectivity index (χ2n) is 7.62. The zero-order valence-electron chi connectivity index (χ0n) is 18.0. The number of carbonyl (C=O) groups excluding carboxylic acids is 1. The van der Waals surface area contributed by atoms with Gasteiger partial charge in [-0.1, -0.05) is 49.4 Å². The third kappa shape index (κ3) is 3.91. The van der Waals surface area contributed by atoms with Gasteiger partial charge in [0.05, 0.1) is 28.2 Å². The molecule has 0 aliphatic carbocycles. The van der Waals surface area contributed by atoms with Gasteiger partial charge in [0.1, 0.15) is 11.6 Å². The van der Waals surface area contributed by atoms with Gasteiger partial charge in [-0.2, -0.15) is 0 Å². The van der Waals surface area contributed by atoms with Gasteiger partial charge in [-0.25, -0.2) is 9.37 Å². The smallest absolute Gasteiger partial charge is 0.266 e. The number of hydrogen-bond acceptors (Lipinski definition) is 3. The predicted octanol–water partition coefficient (Wildman–Crippen LogP) is 5.14. The van der Waals surface area contributed by atoms with Crippen LogP contribution in [-0.2, 0) is 0 Å². The maximum Gasteiger partial charge on any atom is 0.266 e. The highest BCUT2D eigenvalue weighted by atomic mass is 19.1. The van der Waals surface area contributed by atoms with Gasteiger partial charge in [0.2, 0.25) is 0 Å². The molecule has 1 heterocycles. The van der Waals surface area contributed by atoms with Gasteiger partial charge in [0, 0.05) is 6.54 Å². The van der Waals surface area contributed by atoms with Crippen LogP contribution in [0.25, 0.3) is 16.6 Å². The van der Waals surface area contributed by atoms with Crippen molar-refractivity contribution in [1.29, 1.82) is 0 Å². The third-order valence-corrected chi connectivity index (χ3v) is 5.49. The van der Waals surface area contributed by atoms with E-state index in [1.165, 1.54) is 12.1 Å². The molecule has 0 N–H and O–H groups in total. The zero-order chi connectivity index (χ0) is 22.7. The van der Waals surface area contributed by atoms with Crippen molar-refractivity contribution in [2.45, 2.75) is 26.3 Å². The predicted molar refractivity (Wildman–Crippen MR) is 123 cm³/mol. The van der Waals surface area contributed by atoms with Crippen LogP contribution < -0.4 is 5.56 Å². The average Bonchev–Trinajstić information content (AvgIpc) is 2.82. The molecule has 4 aromatic rings. The van der Waals surface area contributed by atoms with E-state index in [0.29, 0.717) is 35.4 Å². The van der Waals surface area contributed by atoms with Gasteiger partial charge in [0.25, 0.3) is 11.5 Å². The topological polar surface area (TPSA) is 55.2 Å². The molecule has 0 aliphatic rings. The number of fused-ring (bicyclic) bond motifs is 1. The minimum absolute atomic E-state index is 0.00203. The maximum atomic E-state index is 14.4. The zero-order valence-corrected chi connectivity index (χ0v) is 18.0. The lowest BCUT2D eigenvalue weighted by Gasteiger charge is -2.30. The molecule has 162 valence electrons. The quantitative estimate of drug-likeness (QED) is 0.427. The van der Waals surface area contributed by atoms with Gasteiger partial charge >= 0.3 is 0 Å². The summed E-state index contributed by atoms with van der Waals surface area (Å²) in [6.45, 7) is 4.17. The lowest BCUT2D eigenvalue weighted by Crippen LogP contribution is -2.38. The van der Waals surface area contributed by atoms with Crippen LogP contribution in [0.5, 0.6) is 0 Å². The van der Waals surface area contributed by atoms with E-state index in [1.807, 2.05) is 50.2 Å². The fourth-order valence-corrected chi connectivity index (χ4v) is 3.90. The van der Waals surface area contributed by atoms with Crippen LogP contribution in [0.1, 0.15) is 42.5 Å². The molecule has 0 fully saturated rings. The number of halogens is 1. The summed E-state index contributed by atoms with van der Waals surface area (Å²) in [5.74, 6) is -0.574. The summed E-state index contributed by atoms with van der Waals surface area (Å²) in [6.07, 6.45) is 0.674. The standard InChI is InChI=1S/C26H24FN3O2/c1-3-17-29(25(31)20-13-7-9-15-22(20)27)18(2)24-28-23-16-10-8-14-21(23)26(32)30(24)19-11-5-4-6-12-19/h4-16,18H,3,17H2,1-2H3. The largest absolute Gasteiger partial charge is 0.329 e. The Kier molecular flexibility index (Phi) is 6.12. The van der Waals surface area contributed by atoms with Gasteiger partial charge in [-0.3, -0.25) is 14.2 Å². The average molecular weight is 429 g/mol. The molecule has 6 heteroatoms. The Morgan fingerprint density at radius 2 is 1.66 bits per heavy atom. The van der Waals surface area contributed by atoms with Crippen molar-refractivity contribution in [2.75, 3.05) is 6.54 Å². The molecule has 32 heavy (non-hydrogen) atoms. The van der Waals surface area contributed by atoms with Gasteiger partial charge < -0.3 is 4.90 Å². The van der Waals surface area contributed by atoms with E-state index in [0.717, 1.165) is 0 Å². The van der Waals surface area contributed by atoms with E-state index in [9.17, 15) is 14.0 Å². The Labute approximate surface area is 185 Å². The minimum atomic E-state index is -0.572. The second kappa shape index (κ2) is 9.14. The van der Waals surface area contributed by atoms with E-state index < -0.39 is 17.8 Å². The number of nitrogens with zero attached hydrogens (tertiary/aromatic N) is 3. The highest BCUT2D eigenvalue weighted by Crippen LogP contribution is 2.25. The van der Waals surface area contributed by atoms with E-state index >= 15 is 0 Å². The lowest BCUT2D eigenvalue weighted by atomic mass is 10.1. The summed E-state index contributed by atoms with van der Waals surface area (Å²) < 4.78 is 16.0. The van der Waals surface area contributed by atoms with E-state index in [4.69, 9.17) is 4.98 Å². The molecule has 0 radical (unpaired) electrons. The van der Waals surface area contributed by atoms with Crippen LogP contribution in [0.15, 0.2) is 83.7 Å². The first-order chi connectivity index (χ1) is 15.5. The van der Waals surface area contributed by atoms with E-state index in [2.05, 4.69) is 0 Å². The fraction of sp³-hybridized carbons (Fsp3) is 0.192. The van der Waals surface area contributed by atoms with Crippen molar-refractivity contribution in [1.82, 2.24) is 14.5 Å². The second-order valence-corrected chi connectivity index (χ2v) is 7.62. The van der Waals surface area contributed by atoms with Gasteiger partial charge in [-0.15, -0.1) is 0 Å². The number of para-hydroxylation sites is 2. The van der Waals surface area contributed by atoms with Crippen LogP contribution in [0.3, 0.4) is 0 Å². The van der Waals surface area contributed by atoms with Crippen molar-refractivity contribution in [3.8, 4) is 5.69 Å². The molecule has 0 saturated heterocycles. The van der Waals surface area contributed by atoms with Crippen LogP contribution in [0.2, 0.25) is 0 Å². The molecule has 5 nitrogen and oxygen atoms in total. The summed E-state index contributed by atoms with van der Waals surface area (Å²) in [5.41, 5.74) is 1.01. The molecular weight excluding hydrogens is 405 g/mol. The van der Waals surface area contributed by atoms with Crippen molar-refractivity contribution >= 4 is 16.8 Å². The van der Waals surface area contributed by atoms with Crippen molar-refractivity contribution in [2.24, 2.45) is 0 Å². The Bertz CT molecular complexity index is 1320. The lowest BCUT2D eigenvalue weighted by molar-refractivity contribution is 0.0676. The Morgan fingerprint density at radius 1 is 1.00 bits per heavy atom. The Balaban J connectivity index is 1.91. The Morgan fingerprint density at radius 3 is 2.38 bits per heavy atom. The molecule has 0 bridgehead atoms. The van der Waals surface area contributed by atoms with Gasteiger partial charge in [0.15, 0.2) is 0 Å². The molecule has 4 rings (SSSR count). The summed E-state index contributed by atoms with van der Waals surface area (Å²) >= 11 is 0. The molecular formula is C26H24FN3O2.